The minimum Gasteiger partial charge on any atom is -0.382 e. The van der Waals surface area contributed by atoms with Crippen molar-refractivity contribution in [3.8, 4) is 0 Å². The first-order chi connectivity index (χ1) is 22.6. The summed E-state index contributed by atoms with van der Waals surface area (Å²) in [5, 5.41) is 15.2. The minimum absolute atomic E-state index is 0.00359. The van der Waals surface area contributed by atoms with Crippen molar-refractivity contribution >= 4 is 11.6 Å². The van der Waals surface area contributed by atoms with E-state index in [-0.39, 0.29) is 11.6 Å². The SMILES string of the molecule is COCCOCCCC(=O)c1cc(C(=O)CCCOCCOC)c2nc1CN[C@@H]1CCCC[C@H]1NCCN[C@@H]1CCCC[C@H]1NC2. The summed E-state index contributed by atoms with van der Waals surface area (Å²) in [6.45, 7) is 5.89. The Morgan fingerprint density at radius 1 is 0.630 bits per heavy atom. The van der Waals surface area contributed by atoms with E-state index in [1.54, 1.807) is 14.2 Å². The van der Waals surface area contributed by atoms with Crippen molar-refractivity contribution in [3.63, 3.8) is 0 Å². The van der Waals surface area contributed by atoms with Crippen LogP contribution in [0.2, 0.25) is 0 Å². The molecule has 2 heterocycles. The Kier molecular flexibility index (Phi) is 17.1. The average molecular weight is 646 g/mol. The molecule has 0 spiro atoms. The van der Waals surface area contributed by atoms with E-state index < -0.39 is 0 Å². The second-order valence-corrected chi connectivity index (χ2v) is 12.9. The Hall–Kier alpha value is -1.83. The number of methoxy groups -OCH3 is 2. The van der Waals surface area contributed by atoms with Gasteiger partial charge in [-0.2, -0.15) is 0 Å². The van der Waals surface area contributed by atoms with Gasteiger partial charge in [0, 0.05) is 102 Å². The van der Waals surface area contributed by atoms with Crippen molar-refractivity contribution in [3.05, 3.63) is 28.6 Å². The minimum atomic E-state index is 0.00359. The molecule has 2 fully saturated rings. The molecule has 11 nitrogen and oxygen atoms in total. The second kappa shape index (κ2) is 21.2. The van der Waals surface area contributed by atoms with Gasteiger partial charge in [0.25, 0.3) is 0 Å². The zero-order chi connectivity index (χ0) is 32.4. The van der Waals surface area contributed by atoms with Crippen molar-refractivity contribution in [2.24, 2.45) is 0 Å². The quantitative estimate of drug-likeness (QED) is 0.156. The molecule has 3 aliphatic rings. The third-order valence-electron chi connectivity index (χ3n) is 9.56. The molecular weight excluding hydrogens is 586 g/mol. The summed E-state index contributed by atoms with van der Waals surface area (Å²) in [6.07, 6.45) is 11.2. The highest BCUT2D eigenvalue weighted by Crippen LogP contribution is 2.24. The summed E-state index contributed by atoms with van der Waals surface area (Å²) >= 11 is 0. The van der Waals surface area contributed by atoms with Crippen LogP contribution >= 0.6 is 0 Å². The summed E-state index contributed by atoms with van der Waals surface area (Å²) in [5.41, 5.74) is 2.57. The third-order valence-corrected chi connectivity index (χ3v) is 9.56. The number of pyridine rings is 1. The fourth-order valence-corrected chi connectivity index (χ4v) is 6.98. The number of carbonyl (C=O) groups is 2. The molecule has 0 aromatic carbocycles. The summed E-state index contributed by atoms with van der Waals surface area (Å²) in [7, 11) is 3.29. The van der Waals surface area contributed by atoms with E-state index in [1.165, 1.54) is 25.7 Å². The molecule has 2 aliphatic carbocycles. The number of nitrogens with one attached hydrogen (secondary N) is 4. The monoisotopic (exact) mass is 645 g/mol. The molecule has 2 saturated carbocycles. The summed E-state index contributed by atoms with van der Waals surface area (Å²) < 4.78 is 21.3. The van der Waals surface area contributed by atoms with Crippen LogP contribution in [-0.2, 0) is 32.0 Å². The Labute approximate surface area is 276 Å². The van der Waals surface area contributed by atoms with Gasteiger partial charge in [-0.05, 0) is 44.6 Å². The molecule has 0 radical (unpaired) electrons. The van der Waals surface area contributed by atoms with E-state index in [0.717, 1.165) is 50.2 Å². The van der Waals surface area contributed by atoms with Gasteiger partial charge in [-0.15, -0.1) is 0 Å². The van der Waals surface area contributed by atoms with Gasteiger partial charge in [0.2, 0.25) is 0 Å². The molecule has 11 heteroatoms. The number of carbonyl (C=O) groups excluding carboxylic acids is 2. The van der Waals surface area contributed by atoms with Gasteiger partial charge in [-0.1, -0.05) is 25.7 Å². The maximum atomic E-state index is 13.7. The van der Waals surface area contributed by atoms with Crippen LogP contribution in [0.25, 0.3) is 0 Å². The first-order valence-corrected chi connectivity index (χ1v) is 17.8. The lowest BCUT2D eigenvalue weighted by atomic mass is 9.89. The van der Waals surface area contributed by atoms with Crippen molar-refractivity contribution in [2.45, 2.75) is 114 Å². The molecule has 0 unspecified atom stereocenters. The summed E-state index contributed by atoms with van der Waals surface area (Å²) in [6, 6.07) is 3.23. The van der Waals surface area contributed by atoms with Crippen molar-refractivity contribution in [1.82, 2.24) is 26.3 Å². The molecule has 1 aromatic rings. The lowest BCUT2D eigenvalue weighted by Gasteiger charge is -2.34. The molecule has 46 heavy (non-hydrogen) atoms. The van der Waals surface area contributed by atoms with Crippen molar-refractivity contribution in [1.29, 1.82) is 0 Å². The lowest BCUT2D eigenvalue weighted by molar-refractivity contribution is 0.0669. The maximum Gasteiger partial charge on any atom is 0.164 e. The summed E-state index contributed by atoms with van der Waals surface area (Å²) in [5.74, 6) is 0.00718. The number of ketones is 2. The van der Waals surface area contributed by atoms with Crippen LogP contribution in [0.1, 0.15) is 109 Å². The number of fused-ring (bicyclic) bond motifs is 4. The summed E-state index contributed by atoms with van der Waals surface area (Å²) in [4.78, 5) is 32.6. The van der Waals surface area contributed by atoms with Crippen molar-refractivity contribution in [2.75, 3.05) is 67.0 Å². The third kappa shape index (κ3) is 12.0. The largest absolute Gasteiger partial charge is 0.382 e. The number of rotatable bonds is 16. The van der Waals surface area contributed by atoms with Crippen LogP contribution in [-0.4, -0.2) is 108 Å². The first-order valence-electron chi connectivity index (χ1n) is 17.8. The van der Waals surface area contributed by atoms with Crippen LogP contribution in [0, 0.1) is 0 Å². The predicted molar refractivity (Wildman–Crippen MR) is 179 cm³/mol. The van der Waals surface area contributed by atoms with E-state index in [1.807, 2.05) is 6.07 Å². The van der Waals surface area contributed by atoms with Gasteiger partial charge in [0.1, 0.15) is 0 Å². The highest BCUT2D eigenvalue weighted by Gasteiger charge is 2.29. The second-order valence-electron chi connectivity index (χ2n) is 12.9. The Morgan fingerprint density at radius 3 is 1.46 bits per heavy atom. The zero-order valence-electron chi connectivity index (χ0n) is 28.3. The normalized spacial score (nSPS) is 24.3. The van der Waals surface area contributed by atoms with Gasteiger partial charge in [0.15, 0.2) is 11.6 Å². The lowest BCUT2D eigenvalue weighted by Crippen LogP contribution is -2.53. The van der Waals surface area contributed by atoms with Crippen LogP contribution in [0.15, 0.2) is 6.07 Å². The number of nitrogens with zero attached hydrogens (tertiary/aromatic N) is 1. The number of hydrogen-bond donors (Lipinski definition) is 4. The molecule has 2 bridgehead atoms. The van der Waals surface area contributed by atoms with Crippen LogP contribution in [0.4, 0.5) is 0 Å². The van der Waals surface area contributed by atoms with Crippen LogP contribution in [0.5, 0.6) is 0 Å². The van der Waals surface area contributed by atoms with E-state index in [9.17, 15) is 9.59 Å². The smallest absolute Gasteiger partial charge is 0.164 e. The number of Topliss-reactive ketones (excluding diaryl/α,β-unsaturated/α-hetero) is 2. The van der Waals surface area contributed by atoms with Gasteiger partial charge in [-0.3, -0.25) is 14.6 Å². The molecule has 260 valence electrons. The molecule has 4 rings (SSSR count). The van der Waals surface area contributed by atoms with Crippen LogP contribution < -0.4 is 21.3 Å². The first kappa shape index (κ1) is 37.0. The molecule has 4 N–H and O–H groups in total. The standard InChI is InChI=1S/C35H59N5O6/c1-43-19-21-45-17-7-13-34(41)26-23-27(35(42)14-8-18-46-22-20-44-2)33-25-39-31-12-6-4-10-29(31)37-16-15-36-28-9-3-5-11-30(28)38-24-32(26)40-33/h23,28-31,36-39H,3-22,24-25H2,1-2H3/t28-,29-,30-,31-/m1/s1. The number of ether oxygens (including phenoxy) is 4. The fourth-order valence-electron chi connectivity index (χ4n) is 6.98. The molecule has 0 amide bonds. The van der Waals surface area contributed by atoms with Crippen LogP contribution in [0.3, 0.4) is 0 Å². The Bertz CT molecular complexity index is 981. The molecule has 1 aliphatic heterocycles. The highest BCUT2D eigenvalue weighted by molar-refractivity contribution is 6.02. The molecule has 1 aromatic heterocycles. The van der Waals surface area contributed by atoms with E-state index in [4.69, 9.17) is 23.9 Å². The van der Waals surface area contributed by atoms with E-state index in [0.29, 0.717) is 114 Å². The van der Waals surface area contributed by atoms with Gasteiger partial charge >= 0.3 is 0 Å². The number of aromatic nitrogens is 1. The highest BCUT2D eigenvalue weighted by atomic mass is 16.5. The van der Waals surface area contributed by atoms with Gasteiger partial charge in [0.05, 0.1) is 37.8 Å². The number of hydrogen-bond acceptors (Lipinski definition) is 11. The van der Waals surface area contributed by atoms with E-state index >= 15 is 0 Å². The zero-order valence-corrected chi connectivity index (χ0v) is 28.3. The molecule has 4 atom stereocenters. The fraction of sp³-hybridized carbons (Fsp3) is 0.800. The van der Waals surface area contributed by atoms with E-state index in [2.05, 4.69) is 21.3 Å². The maximum absolute atomic E-state index is 13.7. The van der Waals surface area contributed by atoms with Gasteiger partial charge in [-0.25, -0.2) is 0 Å². The molecule has 0 saturated heterocycles. The molecular formula is C35H59N5O6. The topological polar surface area (TPSA) is 132 Å². The Balaban J connectivity index is 1.59. The predicted octanol–water partition coefficient (Wildman–Crippen LogP) is 3.33. The average Bonchev–Trinajstić information content (AvgIpc) is 3.08. The van der Waals surface area contributed by atoms with Crippen molar-refractivity contribution < 1.29 is 28.5 Å². The van der Waals surface area contributed by atoms with Gasteiger partial charge < -0.3 is 40.2 Å². The Morgan fingerprint density at radius 2 is 1.04 bits per heavy atom.